The summed E-state index contributed by atoms with van der Waals surface area (Å²) in [6, 6.07) is 4.47. The van der Waals surface area contributed by atoms with Crippen LogP contribution in [-0.4, -0.2) is 45.9 Å². The summed E-state index contributed by atoms with van der Waals surface area (Å²) in [6.45, 7) is 0. The molecule has 0 bridgehead atoms. The van der Waals surface area contributed by atoms with E-state index in [1.54, 1.807) is 12.1 Å². The van der Waals surface area contributed by atoms with Crippen LogP contribution in [-0.2, 0) is 9.59 Å². The number of carbonyl (C=O) groups excluding carboxylic acids is 1. The standard InChI is InChI=1S/C11H12N4O3Se/c12-6(4-5-9(16)17)11(18)13-7-2-1-3-8-10(7)15-19-14-8/h1-3,6H,4-5,12H2,(H,13,18)(H,16,17). The van der Waals surface area contributed by atoms with Gasteiger partial charge in [-0.3, -0.25) is 0 Å². The predicted molar refractivity (Wildman–Crippen MR) is 70.0 cm³/mol. The normalized spacial score (nSPS) is 12.3. The van der Waals surface area contributed by atoms with Gasteiger partial charge in [0.05, 0.1) is 0 Å². The van der Waals surface area contributed by atoms with E-state index >= 15 is 0 Å². The van der Waals surface area contributed by atoms with Crippen molar-refractivity contribution >= 4 is 43.6 Å². The summed E-state index contributed by atoms with van der Waals surface area (Å²) in [7, 11) is 0. The summed E-state index contributed by atoms with van der Waals surface area (Å²) >= 11 is -0.172. The van der Waals surface area contributed by atoms with E-state index in [4.69, 9.17) is 10.8 Å². The molecule has 100 valence electrons. The van der Waals surface area contributed by atoms with Crippen molar-refractivity contribution in [1.82, 2.24) is 7.96 Å². The molecule has 0 aliphatic carbocycles. The van der Waals surface area contributed by atoms with Gasteiger partial charge in [-0.1, -0.05) is 0 Å². The Labute approximate surface area is 115 Å². The summed E-state index contributed by atoms with van der Waals surface area (Å²) in [5, 5.41) is 11.2. The van der Waals surface area contributed by atoms with Gasteiger partial charge in [-0.25, -0.2) is 0 Å². The van der Waals surface area contributed by atoms with Crippen molar-refractivity contribution in [3.63, 3.8) is 0 Å². The molecule has 1 heterocycles. The molecule has 1 unspecified atom stereocenters. The zero-order valence-corrected chi connectivity index (χ0v) is 11.6. The minimum absolute atomic E-state index is 0.0989. The second kappa shape index (κ2) is 5.92. The Morgan fingerprint density at radius 2 is 2.21 bits per heavy atom. The molecule has 0 radical (unpaired) electrons. The number of nitrogens with zero attached hydrogens (tertiary/aromatic N) is 2. The van der Waals surface area contributed by atoms with E-state index in [2.05, 4.69) is 13.3 Å². The van der Waals surface area contributed by atoms with Gasteiger partial charge in [0.1, 0.15) is 0 Å². The van der Waals surface area contributed by atoms with Crippen LogP contribution >= 0.6 is 0 Å². The number of rotatable bonds is 5. The van der Waals surface area contributed by atoms with Gasteiger partial charge in [-0.05, 0) is 0 Å². The molecule has 8 heteroatoms. The fourth-order valence-corrected chi connectivity index (χ4v) is 2.70. The molecule has 0 spiro atoms. The van der Waals surface area contributed by atoms with E-state index < -0.39 is 17.9 Å². The first-order valence-electron chi connectivity index (χ1n) is 5.57. The van der Waals surface area contributed by atoms with E-state index in [9.17, 15) is 9.59 Å². The molecular formula is C11H12N4O3Se. The number of anilines is 1. The van der Waals surface area contributed by atoms with Crippen LogP contribution in [0.4, 0.5) is 5.69 Å². The van der Waals surface area contributed by atoms with Crippen molar-refractivity contribution < 1.29 is 14.7 Å². The zero-order valence-electron chi connectivity index (χ0n) is 9.87. The molecular weight excluding hydrogens is 315 g/mol. The molecule has 4 N–H and O–H groups in total. The van der Waals surface area contributed by atoms with Crippen molar-refractivity contribution in [1.29, 1.82) is 0 Å². The summed E-state index contributed by atoms with van der Waals surface area (Å²) in [6.07, 6.45) is -0.0358. The van der Waals surface area contributed by atoms with Gasteiger partial charge in [0.25, 0.3) is 0 Å². The minimum atomic E-state index is -0.972. The molecule has 19 heavy (non-hydrogen) atoms. The van der Waals surface area contributed by atoms with Crippen LogP contribution in [0.5, 0.6) is 0 Å². The number of hydrogen-bond acceptors (Lipinski definition) is 5. The van der Waals surface area contributed by atoms with Crippen LogP contribution in [0.15, 0.2) is 18.2 Å². The summed E-state index contributed by atoms with van der Waals surface area (Å²) in [4.78, 5) is 22.3. The number of nitrogens with two attached hydrogens (primary N) is 1. The number of benzene rings is 1. The Bertz CT molecular complexity index is 613. The Morgan fingerprint density at radius 1 is 1.42 bits per heavy atom. The van der Waals surface area contributed by atoms with Crippen molar-refractivity contribution in [2.75, 3.05) is 5.32 Å². The van der Waals surface area contributed by atoms with E-state index in [1.165, 1.54) is 0 Å². The molecule has 0 saturated heterocycles. The summed E-state index contributed by atoms with van der Waals surface area (Å²) in [5.41, 5.74) is 7.63. The summed E-state index contributed by atoms with van der Waals surface area (Å²) in [5.74, 6) is -1.38. The van der Waals surface area contributed by atoms with Crippen molar-refractivity contribution in [2.24, 2.45) is 5.73 Å². The maximum absolute atomic E-state index is 11.8. The number of fused-ring (bicyclic) bond motifs is 1. The van der Waals surface area contributed by atoms with Gasteiger partial charge in [-0.15, -0.1) is 0 Å². The maximum atomic E-state index is 11.8. The van der Waals surface area contributed by atoms with E-state index in [0.29, 0.717) is 11.2 Å². The van der Waals surface area contributed by atoms with Crippen LogP contribution in [0.25, 0.3) is 11.0 Å². The molecule has 0 aliphatic heterocycles. The fourth-order valence-electron chi connectivity index (χ4n) is 1.54. The number of aliphatic carboxylic acids is 1. The third-order valence-electron chi connectivity index (χ3n) is 2.55. The number of carboxylic acid groups (broad SMARTS) is 1. The number of carbonyl (C=O) groups is 2. The Kier molecular flexibility index (Phi) is 4.26. The summed E-state index contributed by atoms with van der Waals surface area (Å²) < 4.78 is 8.44. The molecule has 1 aromatic carbocycles. The Morgan fingerprint density at radius 3 is 2.95 bits per heavy atom. The number of hydrogen-bond donors (Lipinski definition) is 3. The van der Waals surface area contributed by atoms with Crippen molar-refractivity contribution in [2.45, 2.75) is 18.9 Å². The van der Waals surface area contributed by atoms with Gasteiger partial charge in [0, 0.05) is 0 Å². The molecule has 1 amide bonds. The average molecular weight is 327 g/mol. The van der Waals surface area contributed by atoms with Crippen molar-refractivity contribution in [3.8, 4) is 0 Å². The predicted octanol–water partition coefficient (Wildman–Crippen LogP) is -0.183. The van der Waals surface area contributed by atoms with Crippen LogP contribution in [0.2, 0.25) is 0 Å². The van der Waals surface area contributed by atoms with Gasteiger partial charge in [0.2, 0.25) is 0 Å². The molecule has 0 fully saturated rings. The quantitative estimate of drug-likeness (QED) is 0.656. The molecule has 2 aromatic rings. The monoisotopic (exact) mass is 328 g/mol. The van der Waals surface area contributed by atoms with Crippen LogP contribution in [0.1, 0.15) is 12.8 Å². The number of nitrogens with one attached hydrogen (secondary N) is 1. The van der Waals surface area contributed by atoms with E-state index in [0.717, 1.165) is 5.52 Å². The molecule has 0 saturated carbocycles. The fraction of sp³-hybridized carbons (Fsp3) is 0.273. The Hall–Kier alpha value is -1.76. The van der Waals surface area contributed by atoms with Crippen molar-refractivity contribution in [3.05, 3.63) is 18.2 Å². The SMILES string of the molecule is NC(CCC(=O)O)C(=O)Nc1cccc2n[se]nc12. The van der Waals surface area contributed by atoms with E-state index in [-0.39, 0.29) is 27.8 Å². The van der Waals surface area contributed by atoms with Gasteiger partial charge >= 0.3 is 114 Å². The van der Waals surface area contributed by atoms with Gasteiger partial charge in [-0.2, -0.15) is 0 Å². The Balaban J connectivity index is 2.06. The van der Waals surface area contributed by atoms with Crippen LogP contribution < -0.4 is 11.1 Å². The van der Waals surface area contributed by atoms with E-state index in [1.807, 2.05) is 6.07 Å². The molecule has 1 atom stereocenters. The molecule has 2 rings (SSSR count). The van der Waals surface area contributed by atoms with Crippen LogP contribution in [0, 0.1) is 0 Å². The average Bonchev–Trinajstić information content (AvgIpc) is 2.85. The topological polar surface area (TPSA) is 118 Å². The number of aromatic nitrogens is 2. The third-order valence-corrected chi connectivity index (χ3v) is 3.69. The van der Waals surface area contributed by atoms with Crippen LogP contribution in [0.3, 0.4) is 0 Å². The number of carboxylic acids is 1. The second-order valence-electron chi connectivity index (χ2n) is 3.97. The second-order valence-corrected chi connectivity index (χ2v) is 5.07. The molecule has 0 aliphatic rings. The molecule has 1 aromatic heterocycles. The van der Waals surface area contributed by atoms with Gasteiger partial charge in [0.15, 0.2) is 0 Å². The number of amides is 1. The first-order chi connectivity index (χ1) is 9.08. The zero-order chi connectivity index (χ0) is 13.8. The first kappa shape index (κ1) is 13.7. The first-order valence-corrected chi connectivity index (χ1v) is 7.10. The molecule has 7 nitrogen and oxygen atoms in total. The van der Waals surface area contributed by atoms with Gasteiger partial charge < -0.3 is 0 Å². The third kappa shape index (κ3) is 3.37.